The number of carbonyl (C=O) groups excluding carboxylic acids is 1. The molecule has 3 rings (SSSR count). The van der Waals surface area contributed by atoms with Crippen molar-refractivity contribution in [1.29, 1.82) is 0 Å². The summed E-state index contributed by atoms with van der Waals surface area (Å²) in [6.45, 7) is 0.609. The molecule has 1 saturated heterocycles. The number of ether oxygens (including phenoxy) is 3. The van der Waals surface area contributed by atoms with Crippen molar-refractivity contribution in [2.45, 2.75) is 12.7 Å². The minimum absolute atomic E-state index is 0.115. The van der Waals surface area contributed by atoms with Gasteiger partial charge in [0.2, 0.25) is 11.7 Å². The minimum Gasteiger partial charge on any atom is -0.493 e. The lowest BCUT2D eigenvalue weighted by molar-refractivity contribution is -0.123. The van der Waals surface area contributed by atoms with E-state index in [0.717, 1.165) is 11.1 Å². The zero-order chi connectivity index (χ0) is 19.9. The van der Waals surface area contributed by atoms with Gasteiger partial charge in [0.1, 0.15) is 12.7 Å². The van der Waals surface area contributed by atoms with E-state index in [-0.39, 0.29) is 18.6 Å². The van der Waals surface area contributed by atoms with Crippen molar-refractivity contribution in [3.05, 3.63) is 53.6 Å². The van der Waals surface area contributed by atoms with Crippen LogP contribution in [0.4, 0.5) is 0 Å². The number of methoxy groups -OCH3 is 3. The summed E-state index contributed by atoms with van der Waals surface area (Å²) in [5.74, 6) is 1.52. The molecule has 2 aromatic rings. The Hall–Kier alpha value is -2.85. The van der Waals surface area contributed by atoms with Crippen molar-refractivity contribution in [1.82, 2.24) is 26.8 Å². The van der Waals surface area contributed by atoms with Gasteiger partial charge in [-0.05, 0) is 23.3 Å². The van der Waals surface area contributed by atoms with Crippen LogP contribution in [0.15, 0.2) is 42.5 Å². The molecule has 0 radical (unpaired) electrons. The molecular weight excluding hydrogens is 362 g/mol. The maximum absolute atomic E-state index is 12.2. The maximum atomic E-state index is 12.2. The Labute approximate surface area is 163 Å². The molecule has 1 aliphatic heterocycles. The van der Waals surface area contributed by atoms with Gasteiger partial charge in [-0.15, -0.1) is 0 Å². The summed E-state index contributed by atoms with van der Waals surface area (Å²) in [6, 6.07) is 13.4. The second-order valence-corrected chi connectivity index (χ2v) is 6.13. The largest absolute Gasteiger partial charge is 0.493 e. The highest BCUT2D eigenvalue weighted by Gasteiger charge is 2.26. The Morgan fingerprint density at radius 2 is 1.75 bits per heavy atom. The Bertz CT molecular complexity index is 777. The summed E-state index contributed by atoms with van der Waals surface area (Å²) in [7, 11) is 4.69. The summed E-state index contributed by atoms with van der Waals surface area (Å²) in [5.41, 5.74) is 11.1. The zero-order valence-electron chi connectivity index (χ0n) is 16.1. The van der Waals surface area contributed by atoms with E-state index in [9.17, 15) is 4.79 Å². The lowest BCUT2D eigenvalue weighted by Crippen LogP contribution is -2.46. The molecule has 1 amide bonds. The molecule has 1 atom stereocenters. The van der Waals surface area contributed by atoms with E-state index in [4.69, 9.17) is 14.2 Å². The quantitative estimate of drug-likeness (QED) is 0.530. The molecule has 1 heterocycles. The Balaban J connectivity index is 1.58. The van der Waals surface area contributed by atoms with Gasteiger partial charge in [-0.3, -0.25) is 4.79 Å². The van der Waals surface area contributed by atoms with Crippen LogP contribution in [-0.4, -0.2) is 38.9 Å². The number of hydrogen-bond donors (Lipinski definition) is 4. The van der Waals surface area contributed by atoms with Gasteiger partial charge in [0.15, 0.2) is 11.5 Å². The second-order valence-electron chi connectivity index (χ2n) is 6.13. The standard InChI is InChI=1S/C19H25N5O4/c1-26-15-9-14(10-16(27-2)18(15)28-3)19-21-23-24(22-19)12-17(25)20-11-13-7-5-4-6-8-13/h4-10,19,21-23H,11-12H2,1-3H3,(H,20,25). The number of benzene rings is 2. The summed E-state index contributed by atoms with van der Waals surface area (Å²) >= 11 is 0. The summed E-state index contributed by atoms with van der Waals surface area (Å²) < 4.78 is 16.1. The maximum Gasteiger partial charge on any atom is 0.237 e. The fraction of sp³-hybridized carbons (Fsp3) is 0.316. The summed E-state index contributed by atoms with van der Waals surface area (Å²) in [4.78, 5) is 12.2. The lowest BCUT2D eigenvalue weighted by atomic mass is 10.1. The monoisotopic (exact) mass is 387 g/mol. The number of nitrogens with one attached hydrogen (secondary N) is 4. The predicted octanol–water partition coefficient (Wildman–Crippen LogP) is 0.857. The number of hydrogen-bond acceptors (Lipinski definition) is 8. The highest BCUT2D eigenvalue weighted by Crippen LogP contribution is 2.39. The van der Waals surface area contributed by atoms with Gasteiger partial charge in [0.25, 0.3) is 0 Å². The molecule has 1 fully saturated rings. The van der Waals surface area contributed by atoms with Crippen LogP contribution >= 0.6 is 0 Å². The zero-order valence-corrected chi connectivity index (χ0v) is 16.1. The molecule has 0 saturated carbocycles. The van der Waals surface area contributed by atoms with Crippen molar-refractivity contribution in [3.8, 4) is 17.2 Å². The molecule has 0 spiro atoms. The van der Waals surface area contributed by atoms with Crippen molar-refractivity contribution in [3.63, 3.8) is 0 Å². The van der Waals surface area contributed by atoms with Crippen LogP contribution in [0.5, 0.6) is 17.2 Å². The fourth-order valence-electron chi connectivity index (χ4n) is 2.87. The molecule has 1 unspecified atom stereocenters. The third kappa shape index (κ3) is 4.70. The molecule has 0 bridgehead atoms. The van der Waals surface area contributed by atoms with Gasteiger partial charge >= 0.3 is 0 Å². The molecule has 4 N–H and O–H groups in total. The van der Waals surface area contributed by atoms with Gasteiger partial charge in [-0.1, -0.05) is 30.3 Å². The van der Waals surface area contributed by atoms with Crippen LogP contribution in [0, 0.1) is 0 Å². The van der Waals surface area contributed by atoms with E-state index in [1.54, 1.807) is 26.4 Å². The number of carbonyl (C=O) groups is 1. The van der Waals surface area contributed by atoms with Crippen LogP contribution < -0.4 is 35.9 Å². The van der Waals surface area contributed by atoms with Crippen LogP contribution in [0.3, 0.4) is 0 Å². The van der Waals surface area contributed by atoms with E-state index in [2.05, 4.69) is 21.7 Å². The molecular formula is C19H25N5O4. The van der Waals surface area contributed by atoms with Crippen LogP contribution in [0.1, 0.15) is 17.3 Å². The average molecular weight is 387 g/mol. The third-order valence-electron chi connectivity index (χ3n) is 4.28. The SMILES string of the molecule is COc1cc(C2NNN(CC(=O)NCc3ccccc3)N2)cc(OC)c1OC. The molecule has 9 heteroatoms. The molecule has 0 aliphatic carbocycles. The lowest BCUT2D eigenvalue weighted by Gasteiger charge is -2.18. The van der Waals surface area contributed by atoms with E-state index < -0.39 is 0 Å². The van der Waals surface area contributed by atoms with Gasteiger partial charge in [-0.25, -0.2) is 10.9 Å². The van der Waals surface area contributed by atoms with Crippen molar-refractivity contribution < 1.29 is 19.0 Å². The number of nitrogens with zero attached hydrogens (tertiary/aromatic N) is 1. The Kier molecular flexibility index (Phi) is 6.66. The second kappa shape index (κ2) is 9.38. The highest BCUT2D eigenvalue weighted by molar-refractivity contribution is 5.77. The van der Waals surface area contributed by atoms with Gasteiger partial charge in [0, 0.05) is 6.54 Å². The summed E-state index contributed by atoms with van der Waals surface area (Å²) in [5, 5.41) is 4.46. The first kappa shape index (κ1) is 19.9. The minimum atomic E-state index is -0.282. The van der Waals surface area contributed by atoms with Gasteiger partial charge < -0.3 is 19.5 Å². The molecule has 2 aromatic carbocycles. The average Bonchev–Trinajstić information content (AvgIpc) is 3.20. The van der Waals surface area contributed by atoms with E-state index in [0.29, 0.717) is 23.8 Å². The molecule has 28 heavy (non-hydrogen) atoms. The third-order valence-corrected chi connectivity index (χ3v) is 4.28. The van der Waals surface area contributed by atoms with Crippen LogP contribution in [-0.2, 0) is 11.3 Å². The topological polar surface area (TPSA) is 96.1 Å². The van der Waals surface area contributed by atoms with Crippen molar-refractivity contribution >= 4 is 5.91 Å². The van der Waals surface area contributed by atoms with E-state index in [1.165, 1.54) is 0 Å². The number of amides is 1. The van der Waals surface area contributed by atoms with Gasteiger partial charge in [-0.2, -0.15) is 10.7 Å². The first-order valence-electron chi connectivity index (χ1n) is 8.80. The number of rotatable bonds is 8. The fourth-order valence-corrected chi connectivity index (χ4v) is 2.87. The normalized spacial score (nSPS) is 16.6. The van der Waals surface area contributed by atoms with Crippen molar-refractivity contribution in [2.75, 3.05) is 27.9 Å². The van der Waals surface area contributed by atoms with Gasteiger partial charge in [0.05, 0.1) is 21.3 Å². The van der Waals surface area contributed by atoms with Crippen molar-refractivity contribution in [2.24, 2.45) is 0 Å². The highest BCUT2D eigenvalue weighted by atomic mass is 16.5. The molecule has 1 aliphatic rings. The van der Waals surface area contributed by atoms with E-state index in [1.807, 2.05) is 42.5 Å². The Morgan fingerprint density at radius 3 is 2.36 bits per heavy atom. The van der Waals surface area contributed by atoms with Crippen LogP contribution in [0.25, 0.3) is 0 Å². The van der Waals surface area contributed by atoms with Crippen LogP contribution in [0.2, 0.25) is 0 Å². The molecule has 150 valence electrons. The first-order valence-corrected chi connectivity index (χ1v) is 8.80. The summed E-state index contributed by atoms with van der Waals surface area (Å²) in [6.07, 6.45) is -0.282. The van der Waals surface area contributed by atoms with E-state index >= 15 is 0 Å². The molecule has 0 aromatic heterocycles. The first-order chi connectivity index (χ1) is 13.6. The predicted molar refractivity (Wildman–Crippen MR) is 103 cm³/mol. The molecule has 9 nitrogen and oxygen atoms in total. The smallest absolute Gasteiger partial charge is 0.237 e. The Morgan fingerprint density at radius 1 is 1.07 bits per heavy atom. The number of hydrazine groups is 3.